The number of carboxylic acids is 1. The maximum atomic E-state index is 11.3. The van der Waals surface area contributed by atoms with E-state index in [1.807, 2.05) is 0 Å². The predicted octanol–water partition coefficient (Wildman–Crippen LogP) is 3.39. The fraction of sp³-hybridized carbons (Fsp3) is 0.941. The number of nitrogens with zero attached hydrogens (tertiary/aromatic N) is 1. The minimum Gasteiger partial charge on any atom is -0.481 e. The van der Waals surface area contributed by atoms with Crippen LogP contribution in [0.3, 0.4) is 0 Å². The maximum Gasteiger partial charge on any atom is 0.308 e. The molecule has 1 saturated carbocycles. The fourth-order valence-electron chi connectivity index (χ4n) is 5.40. The average Bonchev–Trinajstić information content (AvgIpc) is 2.92. The third kappa shape index (κ3) is 2.74. The second kappa shape index (κ2) is 5.67. The monoisotopic (exact) mass is 279 g/mol. The number of carbonyl (C=O) groups is 1. The van der Waals surface area contributed by atoms with Crippen molar-refractivity contribution in [3.05, 3.63) is 0 Å². The quantitative estimate of drug-likeness (QED) is 0.857. The highest BCUT2D eigenvalue weighted by Gasteiger charge is 2.48. The summed E-state index contributed by atoms with van der Waals surface area (Å²) >= 11 is 0. The molecule has 0 aromatic rings. The summed E-state index contributed by atoms with van der Waals surface area (Å²) < 4.78 is 0. The van der Waals surface area contributed by atoms with Gasteiger partial charge in [0.25, 0.3) is 0 Å². The van der Waals surface area contributed by atoms with E-state index in [2.05, 4.69) is 18.7 Å². The van der Waals surface area contributed by atoms with Gasteiger partial charge in [0.15, 0.2) is 0 Å². The van der Waals surface area contributed by atoms with Crippen molar-refractivity contribution < 1.29 is 9.90 Å². The zero-order valence-electron chi connectivity index (χ0n) is 12.9. The lowest BCUT2D eigenvalue weighted by molar-refractivity contribution is -0.142. The maximum absolute atomic E-state index is 11.3. The molecule has 3 rings (SSSR count). The third-order valence-electron chi connectivity index (χ3n) is 6.07. The molecular weight excluding hydrogens is 250 g/mol. The van der Waals surface area contributed by atoms with Gasteiger partial charge in [-0.2, -0.15) is 0 Å². The van der Waals surface area contributed by atoms with Gasteiger partial charge in [0.05, 0.1) is 5.92 Å². The molecular formula is C17H29NO2. The zero-order chi connectivity index (χ0) is 14.3. The molecule has 3 heteroatoms. The number of aliphatic carboxylic acids is 1. The molecule has 3 fully saturated rings. The van der Waals surface area contributed by atoms with Gasteiger partial charge in [0, 0.05) is 12.1 Å². The Balaban J connectivity index is 1.53. The molecule has 5 unspecified atom stereocenters. The van der Waals surface area contributed by atoms with E-state index in [-0.39, 0.29) is 5.92 Å². The van der Waals surface area contributed by atoms with Crippen LogP contribution in [0, 0.1) is 23.7 Å². The number of carboxylic acid groups (broad SMARTS) is 1. The lowest BCUT2D eigenvalue weighted by Crippen LogP contribution is -2.35. The fourth-order valence-corrected chi connectivity index (χ4v) is 5.40. The number of hydrogen-bond donors (Lipinski definition) is 1. The van der Waals surface area contributed by atoms with E-state index in [0.29, 0.717) is 12.1 Å². The van der Waals surface area contributed by atoms with E-state index in [0.717, 1.165) is 37.1 Å². The molecule has 114 valence electrons. The predicted molar refractivity (Wildman–Crippen MR) is 79.5 cm³/mol. The first-order valence-electron chi connectivity index (χ1n) is 8.53. The summed E-state index contributed by atoms with van der Waals surface area (Å²) in [6, 6.07) is 0.912. The highest BCUT2D eigenvalue weighted by Crippen LogP contribution is 2.43. The molecule has 0 spiro atoms. The Labute approximate surface area is 122 Å². The van der Waals surface area contributed by atoms with Gasteiger partial charge in [-0.1, -0.05) is 13.8 Å². The smallest absolute Gasteiger partial charge is 0.308 e. The molecule has 1 aliphatic carbocycles. The third-order valence-corrected chi connectivity index (χ3v) is 6.07. The standard InChI is InChI=1S/C17H29NO2/c1-11-7-12(2)9-13(8-11)5-6-18-14-3-4-16(18)15(10-14)17(19)20/h11-16H,3-10H2,1-2H3,(H,19,20). The van der Waals surface area contributed by atoms with Gasteiger partial charge in [-0.15, -0.1) is 0 Å². The van der Waals surface area contributed by atoms with Crippen LogP contribution >= 0.6 is 0 Å². The Kier molecular flexibility index (Phi) is 4.07. The van der Waals surface area contributed by atoms with E-state index in [9.17, 15) is 9.90 Å². The molecule has 3 aliphatic rings. The highest BCUT2D eigenvalue weighted by molar-refractivity contribution is 5.71. The first-order chi connectivity index (χ1) is 9.54. The van der Waals surface area contributed by atoms with Crippen LogP contribution < -0.4 is 0 Å². The Hall–Kier alpha value is -0.570. The number of fused-ring (bicyclic) bond motifs is 2. The zero-order valence-corrected chi connectivity index (χ0v) is 12.9. The van der Waals surface area contributed by atoms with Crippen molar-refractivity contribution in [3.8, 4) is 0 Å². The number of rotatable bonds is 4. The van der Waals surface area contributed by atoms with Crippen LogP contribution in [0.2, 0.25) is 0 Å². The summed E-state index contributed by atoms with van der Waals surface area (Å²) in [5, 5.41) is 9.31. The van der Waals surface area contributed by atoms with Gasteiger partial charge in [-0.3, -0.25) is 9.69 Å². The van der Waals surface area contributed by atoms with Gasteiger partial charge in [-0.05, 0) is 69.2 Å². The van der Waals surface area contributed by atoms with Crippen LogP contribution in [-0.4, -0.2) is 34.6 Å². The molecule has 5 atom stereocenters. The van der Waals surface area contributed by atoms with Crippen molar-refractivity contribution >= 4 is 5.97 Å². The van der Waals surface area contributed by atoms with Crippen molar-refractivity contribution in [2.75, 3.05) is 6.54 Å². The van der Waals surface area contributed by atoms with Gasteiger partial charge in [-0.25, -0.2) is 0 Å². The molecule has 3 nitrogen and oxygen atoms in total. The van der Waals surface area contributed by atoms with Crippen LogP contribution in [0.5, 0.6) is 0 Å². The van der Waals surface area contributed by atoms with Gasteiger partial charge >= 0.3 is 5.97 Å². The minimum absolute atomic E-state index is 0.0852. The van der Waals surface area contributed by atoms with Crippen molar-refractivity contribution in [2.24, 2.45) is 23.7 Å². The SMILES string of the molecule is CC1CC(C)CC(CCN2C3CCC2C(C(=O)O)C3)C1. The summed E-state index contributed by atoms with van der Waals surface area (Å²) in [6.07, 6.45) is 8.69. The highest BCUT2D eigenvalue weighted by atomic mass is 16.4. The second-order valence-corrected chi connectivity index (χ2v) is 7.79. The molecule has 2 bridgehead atoms. The van der Waals surface area contributed by atoms with Crippen molar-refractivity contribution in [1.29, 1.82) is 0 Å². The van der Waals surface area contributed by atoms with E-state index in [1.54, 1.807) is 0 Å². The minimum atomic E-state index is -0.567. The van der Waals surface area contributed by atoms with E-state index < -0.39 is 5.97 Å². The van der Waals surface area contributed by atoms with Crippen molar-refractivity contribution in [3.63, 3.8) is 0 Å². The van der Waals surface area contributed by atoms with Gasteiger partial charge in [0.1, 0.15) is 0 Å². The molecule has 0 radical (unpaired) electrons. The molecule has 0 amide bonds. The summed E-state index contributed by atoms with van der Waals surface area (Å²) in [5.74, 6) is 1.98. The number of hydrogen-bond acceptors (Lipinski definition) is 2. The normalized spacial score (nSPS) is 44.9. The van der Waals surface area contributed by atoms with E-state index in [4.69, 9.17) is 0 Å². The largest absolute Gasteiger partial charge is 0.481 e. The molecule has 1 N–H and O–H groups in total. The lowest BCUT2D eigenvalue weighted by Gasteiger charge is -2.33. The Bertz CT molecular complexity index is 360. The Morgan fingerprint density at radius 2 is 1.80 bits per heavy atom. The average molecular weight is 279 g/mol. The van der Waals surface area contributed by atoms with Gasteiger partial charge < -0.3 is 5.11 Å². The molecule has 2 saturated heterocycles. The van der Waals surface area contributed by atoms with Crippen LogP contribution in [0.15, 0.2) is 0 Å². The van der Waals surface area contributed by atoms with Crippen molar-refractivity contribution in [1.82, 2.24) is 4.90 Å². The summed E-state index contributed by atoms with van der Waals surface area (Å²) in [6.45, 7) is 5.93. The molecule has 2 heterocycles. The summed E-state index contributed by atoms with van der Waals surface area (Å²) in [7, 11) is 0. The summed E-state index contributed by atoms with van der Waals surface area (Å²) in [4.78, 5) is 13.8. The van der Waals surface area contributed by atoms with E-state index >= 15 is 0 Å². The van der Waals surface area contributed by atoms with Crippen LogP contribution in [-0.2, 0) is 4.79 Å². The topological polar surface area (TPSA) is 40.5 Å². The Morgan fingerprint density at radius 3 is 2.40 bits per heavy atom. The first kappa shape index (κ1) is 14.4. The molecule has 0 aromatic carbocycles. The Morgan fingerprint density at radius 1 is 1.10 bits per heavy atom. The lowest BCUT2D eigenvalue weighted by atomic mass is 9.75. The molecule has 0 aromatic heterocycles. The summed E-state index contributed by atoms with van der Waals surface area (Å²) in [5.41, 5.74) is 0. The van der Waals surface area contributed by atoms with Crippen LogP contribution in [0.1, 0.15) is 58.8 Å². The van der Waals surface area contributed by atoms with E-state index in [1.165, 1.54) is 32.1 Å². The molecule has 20 heavy (non-hydrogen) atoms. The van der Waals surface area contributed by atoms with Crippen molar-refractivity contribution in [2.45, 2.75) is 70.9 Å². The van der Waals surface area contributed by atoms with Crippen LogP contribution in [0.4, 0.5) is 0 Å². The van der Waals surface area contributed by atoms with Gasteiger partial charge in [0.2, 0.25) is 0 Å². The second-order valence-electron chi connectivity index (χ2n) is 7.79. The molecule has 2 aliphatic heterocycles. The van der Waals surface area contributed by atoms with Crippen LogP contribution in [0.25, 0.3) is 0 Å². The first-order valence-corrected chi connectivity index (χ1v) is 8.53.